The lowest BCUT2D eigenvalue weighted by Gasteiger charge is -2.25. The van der Waals surface area contributed by atoms with E-state index < -0.39 is 0 Å². The number of anilines is 2. The third-order valence-corrected chi connectivity index (χ3v) is 6.10. The molecule has 1 amide bonds. The minimum atomic E-state index is 0.407. The van der Waals surface area contributed by atoms with E-state index in [1.807, 2.05) is 0 Å². The van der Waals surface area contributed by atoms with E-state index in [0.717, 1.165) is 54.9 Å². The molecule has 0 aromatic heterocycles. The van der Waals surface area contributed by atoms with Gasteiger partial charge in [-0.05, 0) is 98.9 Å². The number of nitrogens with zero attached hydrogens (tertiary/aromatic N) is 1. The van der Waals surface area contributed by atoms with Crippen molar-refractivity contribution >= 4 is 17.8 Å². The summed E-state index contributed by atoms with van der Waals surface area (Å²) in [6, 6.07) is 11.0. The summed E-state index contributed by atoms with van der Waals surface area (Å²) in [4.78, 5) is 13.3. The topological polar surface area (TPSA) is 41.6 Å². The summed E-state index contributed by atoms with van der Waals surface area (Å²) in [6.45, 7) is 6.06. The summed E-state index contributed by atoms with van der Waals surface area (Å²) in [5.41, 5.74) is 7.17. The molecule has 0 radical (unpaired) electrons. The van der Waals surface area contributed by atoms with Gasteiger partial charge in [0.25, 0.3) is 0 Å². The van der Waals surface area contributed by atoms with Gasteiger partial charge in [0.05, 0.1) is 6.10 Å². The number of benzene rings is 2. The van der Waals surface area contributed by atoms with Crippen LogP contribution in [0.4, 0.5) is 11.4 Å². The highest BCUT2D eigenvalue weighted by Crippen LogP contribution is 2.32. The van der Waals surface area contributed by atoms with Crippen LogP contribution in [-0.2, 0) is 17.8 Å². The second-order valence-electron chi connectivity index (χ2n) is 8.20. The van der Waals surface area contributed by atoms with E-state index in [1.54, 1.807) is 0 Å². The average Bonchev–Trinajstić information content (AvgIpc) is 3.09. The Kier molecular flexibility index (Phi) is 5.56. The molecular weight excluding hydrogens is 348 g/mol. The molecule has 0 bridgehead atoms. The lowest BCUT2D eigenvalue weighted by Crippen LogP contribution is -2.23. The first-order chi connectivity index (χ1) is 13.6. The van der Waals surface area contributed by atoms with Crippen LogP contribution < -0.4 is 15.0 Å². The molecule has 1 N–H and O–H groups in total. The van der Waals surface area contributed by atoms with Crippen molar-refractivity contribution in [3.05, 3.63) is 52.6 Å². The molecule has 148 valence electrons. The van der Waals surface area contributed by atoms with Gasteiger partial charge in [0.2, 0.25) is 6.41 Å². The normalized spacial score (nSPS) is 17.1. The molecule has 28 heavy (non-hydrogen) atoms. The Hall–Kier alpha value is -2.49. The number of aryl methyl sites for hydroxylation is 3. The van der Waals surface area contributed by atoms with Gasteiger partial charge >= 0.3 is 0 Å². The monoisotopic (exact) mass is 378 g/mol. The van der Waals surface area contributed by atoms with Crippen LogP contribution in [0, 0.1) is 13.8 Å². The zero-order valence-electron chi connectivity index (χ0n) is 17.0. The Morgan fingerprint density at radius 3 is 2.50 bits per heavy atom. The molecule has 2 aromatic carbocycles. The summed E-state index contributed by atoms with van der Waals surface area (Å²) >= 11 is 0. The summed E-state index contributed by atoms with van der Waals surface area (Å²) in [5.74, 6) is 1.04. The molecule has 0 spiro atoms. The molecule has 4 heteroatoms. The third kappa shape index (κ3) is 4.01. The van der Waals surface area contributed by atoms with E-state index in [1.165, 1.54) is 42.5 Å². The van der Waals surface area contributed by atoms with Gasteiger partial charge in [-0.1, -0.05) is 6.07 Å². The Bertz CT molecular complexity index is 833. The van der Waals surface area contributed by atoms with Crippen LogP contribution in [0.2, 0.25) is 0 Å². The van der Waals surface area contributed by atoms with Crippen molar-refractivity contribution in [3.63, 3.8) is 0 Å². The number of hydrogen-bond acceptors (Lipinski definition) is 3. The fourth-order valence-corrected chi connectivity index (χ4v) is 4.64. The van der Waals surface area contributed by atoms with Gasteiger partial charge in [0.15, 0.2) is 0 Å². The molecule has 4 nitrogen and oxygen atoms in total. The fraction of sp³-hybridized carbons (Fsp3) is 0.458. The maximum atomic E-state index is 10.9. The smallest absolute Gasteiger partial charge is 0.211 e. The average molecular weight is 379 g/mol. The van der Waals surface area contributed by atoms with Gasteiger partial charge in [0.1, 0.15) is 5.75 Å². The quantitative estimate of drug-likeness (QED) is 0.732. The Labute approximate surface area is 167 Å². The number of nitrogens with one attached hydrogen (secondary N) is 1. The standard InChI is InChI=1S/C24H30N2O2/c1-17-12-21(13-18(2)24(17)25-16-27)26-11-5-6-19-14-23(10-9-20(19)15-26)28-22-7-3-4-8-22/h9-10,12-14,16,22H,3-8,11,15H2,1-2H3,(H,25,27). The van der Waals surface area contributed by atoms with Crippen molar-refractivity contribution in [2.75, 3.05) is 16.8 Å². The summed E-state index contributed by atoms with van der Waals surface area (Å²) in [7, 11) is 0. The first-order valence-corrected chi connectivity index (χ1v) is 10.5. The largest absolute Gasteiger partial charge is 0.490 e. The molecule has 1 heterocycles. The fourth-order valence-electron chi connectivity index (χ4n) is 4.64. The molecule has 2 aliphatic rings. The lowest BCUT2D eigenvalue weighted by atomic mass is 10.0. The van der Waals surface area contributed by atoms with Crippen LogP contribution in [0.25, 0.3) is 0 Å². The van der Waals surface area contributed by atoms with Crippen LogP contribution in [0.3, 0.4) is 0 Å². The Balaban J connectivity index is 1.54. The Morgan fingerprint density at radius 2 is 1.79 bits per heavy atom. The first kappa shape index (κ1) is 18.9. The van der Waals surface area contributed by atoms with Gasteiger partial charge in [-0.3, -0.25) is 4.79 Å². The van der Waals surface area contributed by atoms with Gasteiger partial charge in [-0.2, -0.15) is 0 Å². The molecule has 1 fully saturated rings. The highest BCUT2D eigenvalue weighted by molar-refractivity contribution is 5.77. The van der Waals surface area contributed by atoms with E-state index in [9.17, 15) is 4.79 Å². The number of hydrogen-bond donors (Lipinski definition) is 1. The minimum absolute atomic E-state index is 0.407. The van der Waals surface area contributed by atoms with Crippen molar-refractivity contribution in [1.29, 1.82) is 0 Å². The molecule has 4 rings (SSSR count). The number of carbonyl (C=O) groups is 1. The maximum Gasteiger partial charge on any atom is 0.211 e. The van der Waals surface area contributed by atoms with Crippen LogP contribution in [0.15, 0.2) is 30.3 Å². The Morgan fingerprint density at radius 1 is 1.04 bits per heavy atom. The molecule has 0 saturated heterocycles. The number of fused-ring (bicyclic) bond motifs is 1. The van der Waals surface area contributed by atoms with E-state index in [4.69, 9.17) is 4.74 Å². The van der Waals surface area contributed by atoms with Gasteiger partial charge in [0, 0.05) is 24.5 Å². The zero-order chi connectivity index (χ0) is 19.5. The number of amides is 1. The zero-order valence-corrected chi connectivity index (χ0v) is 17.0. The highest BCUT2D eigenvalue weighted by atomic mass is 16.5. The highest BCUT2D eigenvalue weighted by Gasteiger charge is 2.19. The lowest BCUT2D eigenvalue weighted by molar-refractivity contribution is -0.105. The minimum Gasteiger partial charge on any atom is -0.490 e. The second-order valence-corrected chi connectivity index (χ2v) is 8.20. The number of carbonyl (C=O) groups excluding carboxylic acids is 1. The van der Waals surface area contributed by atoms with Gasteiger partial charge in [-0.25, -0.2) is 0 Å². The molecule has 1 aliphatic carbocycles. The van der Waals surface area contributed by atoms with Crippen LogP contribution in [0.5, 0.6) is 5.75 Å². The molecule has 0 atom stereocenters. The van der Waals surface area contributed by atoms with Gasteiger partial charge < -0.3 is 15.0 Å². The van der Waals surface area contributed by atoms with E-state index in [0.29, 0.717) is 6.10 Å². The van der Waals surface area contributed by atoms with Crippen LogP contribution in [-0.4, -0.2) is 19.1 Å². The van der Waals surface area contributed by atoms with Crippen LogP contribution >= 0.6 is 0 Å². The third-order valence-electron chi connectivity index (χ3n) is 6.10. The molecule has 1 aliphatic heterocycles. The van der Waals surface area contributed by atoms with E-state index in [2.05, 4.69) is 54.4 Å². The summed E-state index contributed by atoms with van der Waals surface area (Å²) in [6.07, 6.45) is 8.36. The molecule has 0 unspecified atom stereocenters. The predicted octanol–water partition coefficient (Wildman–Crippen LogP) is 5.15. The van der Waals surface area contributed by atoms with Crippen molar-refractivity contribution in [2.24, 2.45) is 0 Å². The van der Waals surface area contributed by atoms with Crippen LogP contribution in [0.1, 0.15) is 54.4 Å². The predicted molar refractivity (Wildman–Crippen MR) is 114 cm³/mol. The van der Waals surface area contributed by atoms with Crippen molar-refractivity contribution in [1.82, 2.24) is 0 Å². The van der Waals surface area contributed by atoms with Crippen molar-refractivity contribution in [2.45, 2.75) is 65.0 Å². The van der Waals surface area contributed by atoms with Crippen molar-refractivity contribution < 1.29 is 9.53 Å². The summed E-state index contributed by atoms with van der Waals surface area (Å²) < 4.78 is 6.21. The number of rotatable bonds is 5. The van der Waals surface area contributed by atoms with Crippen molar-refractivity contribution in [3.8, 4) is 5.75 Å². The summed E-state index contributed by atoms with van der Waals surface area (Å²) in [5, 5.41) is 2.82. The van der Waals surface area contributed by atoms with Gasteiger partial charge in [-0.15, -0.1) is 0 Å². The SMILES string of the molecule is Cc1cc(N2CCCc3cc(OC4CCCC4)ccc3C2)cc(C)c1NC=O. The molecular formula is C24H30N2O2. The number of ether oxygens (including phenoxy) is 1. The second kappa shape index (κ2) is 8.26. The first-order valence-electron chi connectivity index (χ1n) is 10.5. The maximum absolute atomic E-state index is 10.9. The molecule has 1 saturated carbocycles. The molecule has 2 aromatic rings. The van der Waals surface area contributed by atoms with E-state index >= 15 is 0 Å². The van der Waals surface area contributed by atoms with E-state index in [-0.39, 0.29) is 0 Å².